The van der Waals surface area contributed by atoms with Crippen LogP contribution in [0, 0.1) is 0 Å². The first-order valence-electron chi connectivity index (χ1n) is 3.85. The molecule has 0 aromatic carbocycles. The van der Waals surface area contributed by atoms with Crippen molar-refractivity contribution in [3.63, 3.8) is 0 Å². The number of hydrogen-bond donors (Lipinski definition) is 3. The molecular formula is C8H15N3O2. The van der Waals surface area contributed by atoms with Crippen molar-refractivity contribution in [1.82, 2.24) is 5.32 Å². The van der Waals surface area contributed by atoms with E-state index in [1.54, 1.807) is 13.8 Å². The third-order valence-electron chi connectivity index (χ3n) is 1.11. The van der Waals surface area contributed by atoms with Crippen LogP contribution in [0.2, 0.25) is 0 Å². The first-order chi connectivity index (χ1) is 5.95. The van der Waals surface area contributed by atoms with E-state index in [2.05, 4.69) is 10.3 Å². The Bertz CT molecular complexity index is 216. The molecule has 0 aliphatic rings. The van der Waals surface area contributed by atoms with E-state index in [0.29, 0.717) is 13.0 Å². The van der Waals surface area contributed by atoms with Gasteiger partial charge in [0.05, 0.1) is 5.60 Å². The molecule has 0 bridgehead atoms. The van der Waals surface area contributed by atoms with E-state index < -0.39 is 5.60 Å². The summed E-state index contributed by atoms with van der Waals surface area (Å²) in [5.41, 5.74) is 4.49. The summed E-state index contributed by atoms with van der Waals surface area (Å²) in [4.78, 5) is 13.1. The predicted molar refractivity (Wildman–Crippen MR) is 51.1 cm³/mol. The Labute approximate surface area is 77.3 Å². The van der Waals surface area contributed by atoms with Gasteiger partial charge in [-0.05, 0) is 19.9 Å². The summed E-state index contributed by atoms with van der Waals surface area (Å²) < 4.78 is 0. The molecule has 0 aliphatic heterocycles. The molecule has 5 heteroatoms. The fourth-order valence-corrected chi connectivity index (χ4v) is 0.557. The summed E-state index contributed by atoms with van der Waals surface area (Å²) in [6, 6.07) is 0. The molecule has 0 aromatic heterocycles. The minimum absolute atomic E-state index is 0.123. The average Bonchev–Trinajstić information content (AvgIpc) is 1.97. The number of aliphatic hydroxyl groups is 1. The maximum atomic E-state index is 9.85. The van der Waals surface area contributed by atoms with Gasteiger partial charge in [0.1, 0.15) is 5.84 Å². The van der Waals surface area contributed by atoms with Crippen LogP contribution in [-0.4, -0.2) is 29.5 Å². The van der Waals surface area contributed by atoms with Gasteiger partial charge in [-0.25, -0.2) is 0 Å². The molecule has 0 saturated carbocycles. The number of nitrogens with one attached hydrogen (secondary N) is 1. The maximum Gasteiger partial charge on any atom is 0.234 e. The summed E-state index contributed by atoms with van der Waals surface area (Å²) >= 11 is 0. The molecule has 0 unspecified atom stereocenters. The Morgan fingerprint density at radius 2 is 2.31 bits per heavy atom. The highest BCUT2D eigenvalue weighted by atomic mass is 16.3. The normalized spacial score (nSPS) is 13.3. The van der Waals surface area contributed by atoms with Gasteiger partial charge < -0.3 is 16.2 Å². The van der Waals surface area contributed by atoms with Crippen molar-refractivity contribution >= 4 is 12.2 Å². The largest absolute Gasteiger partial charge is 0.389 e. The maximum absolute atomic E-state index is 9.85. The molecule has 1 amide bonds. The lowest BCUT2D eigenvalue weighted by molar-refractivity contribution is -0.106. The second-order valence-corrected chi connectivity index (χ2v) is 3.19. The zero-order chi connectivity index (χ0) is 10.3. The molecule has 4 N–H and O–H groups in total. The number of hydrogen-bond acceptors (Lipinski definition) is 3. The topological polar surface area (TPSA) is 87.7 Å². The Morgan fingerprint density at radius 1 is 1.69 bits per heavy atom. The number of amides is 1. The molecule has 0 spiro atoms. The molecule has 0 aliphatic carbocycles. The second kappa shape index (κ2) is 5.31. The van der Waals surface area contributed by atoms with Gasteiger partial charge in [0.15, 0.2) is 0 Å². The third kappa shape index (κ3) is 8.55. The highest BCUT2D eigenvalue weighted by molar-refractivity contribution is 5.95. The fraction of sp³-hybridized carbons (Fsp3) is 0.500. The van der Waals surface area contributed by atoms with E-state index in [1.165, 1.54) is 12.3 Å². The Kier molecular flexibility index (Phi) is 4.76. The third-order valence-corrected chi connectivity index (χ3v) is 1.11. The van der Waals surface area contributed by atoms with Gasteiger partial charge >= 0.3 is 0 Å². The molecule has 0 radical (unpaired) electrons. The lowest BCUT2D eigenvalue weighted by Gasteiger charge is -2.16. The van der Waals surface area contributed by atoms with Gasteiger partial charge in [0.2, 0.25) is 6.41 Å². The Balaban J connectivity index is 3.77. The van der Waals surface area contributed by atoms with E-state index in [0.717, 1.165) is 0 Å². The van der Waals surface area contributed by atoms with Gasteiger partial charge in [0, 0.05) is 12.7 Å². The van der Waals surface area contributed by atoms with E-state index >= 15 is 0 Å². The van der Waals surface area contributed by atoms with Crippen molar-refractivity contribution in [2.24, 2.45) is 10.7 Å². The number of amidine groups is 1. The molecule has 0 saturated heterocycles. The highest BCUT2D eigenvalue weighted by Crippen LogP contribution is 1.96. The number of nitrogens with two attached hydrogens (primary N) is 1. The van der Waals surface area contributed by atoms with Crippen LogP contribution in [0.15, 0.2) is 17.3 Å². The average molecular weight is 185 g/mol. The van der Waals surface area contributed by atoms with Gasteiger partial charge in [0.25, 0.3) is 0 Å². The number of carbonyl (C=O) groups is 1. The minimum Gasteiger partial charge on any atom is -0.389 e. The molecule has 0 atom stereocenters. The Morgan fingerprint density at radius 3 is 2.77 bits per heavy atom. The van der Waals surface area contributed by atoms with Crippen molar-refractivity contribution in [1.29, 1.82) is 0 Å². The zero-order valence-electron chi connectivity index (χ0n) is 7.82. The van der Waals surface area contributed by atoms with E-state index in [-0.39, 0.29) is 5.84 Å². The van der Waals surface area contributed by atoms with Gasteiger partial charge in [-0.15, -0.1) is 0 Å². The van der Waals surface area contributed by atoms with Gasteiger partial charge in [-0.1, -0.05) is 0 Å². The van der Waals surface area contributed by atoms with Crippen molar-refractivity contribution in [2.45, 2.75) is 19.4 Å². The highest BCUT2D eigenvalue weighted by Gasteiger charge is 2.09. The van der Waals surface area contributed by atoms with E-state index in [1.807, 2.05) is 0 Å². The van der Waals surface area contributed by atoms with Crippen LogP contribution >= 0.6 is 0 Å². The van der Waals surface area contributed by atoms with Crippen LogP contribution in [0.1, 0.15) is 13.8 Å². The first-order valence-corrected chi connectivity index (χ1v) is 3.85. The number of nitrogens with zero attached hydrogens (tertiary/aromatic N) is 1. The van der Waals surface area contributed by atoms with E-state index in [4.69, 9.17) is 5.73 Å². The van der Waals surface area contributed by atoms with Gasteiger partial charge in [-0.3, -0.25) is 4.79 Å². The molecule has 0 rings (SSSR count). The zero-order valence-corrected chi connectivity index (χ0v) is 7.82. The van der Waals surface area contributed by atoms with Crippen LogP contribution in [0.3, 0.4) is 0 Å². The van der Waals surface area contributed by atoms with Gasteiger partial charge in [-0.2, -0.15) is 4.99 Å². The van der Waals surface area contributed by atoms with Crippen molar-refractivity contribution in [3.05, 3.63) is 12.3 Å². The van der Waals surface area contributed by atoms with Crippen molar-refractivity contribution < 1.29 is 9.90 Å². The Hall–Kier alpha value is -1.36. The lowest BCUT2D eigenvalue weighted by atomic mass is 10.1. The molecule has 0 heterocycles. The molecule has 0 fully saturated rings. The molecule has 74 valence electrons. The van der Waals surface area contributed by atoms with E-state index in [9.17, 15) is 9.90 Å². The lowest BCUT2D eigenvalue weighted by Crippen LogP contribution is -2.32. The molecule has 0 aromatic rings. The van der Waals surface area contributed by atoms with Crippen LogP contribution in [-0.2, 0) is 4.79 Å². The summed E-state index contributed by atoms with van der Waals surface area (Å²) in [7, 11) is 0. The SMILES string of the molecule is CC(C)(O)CN/C=C\C(N)=NC=O. The van der Waals surface area contributed by atoms with Crippen molar-refractivity contribution in [3.8, 4) is 0 Å². The van der Waals surface area contributed by atoms with Crippen LogP contribution in [0.25, 0.3) is 0 Å². The number of rotatable bonds is 5. The standard InChI is InChI=1S/C8H15N3O2/c1-8(2,13)5-10-4-3-7(9)11-6-12/h3-4,6,10,13H,5H2,1-2H3,(H2,9,11,12)/b4-3-. The summed E-state index contributed by atoms with van der Waals surface area (Å²) in [6.45, 7) is 3.76. The number of aliphatic imine (C=N–C) groups is 1. The second-order valence-electron chi connectivity index (χ2n) is 3.19. The van der Waals surface area contributed by atoms with Crippen molar-refractivity contribution in [2.75, 3.05) is 6.54 Å². The fourth-order valence-electron chi connectivity index (χ4n) is 0.557. The molecular weight excluding hydrogens is 170 g/mol. The molecule has 13 heavy (non-hydrogen) atoms. The predicted octanol–water partition coefficient (Wildman–Crippen LogP) is -0.626. The summed E-state index contributed by atoms with van der Waals surface area (Å²) in [5, 5.41) is 12.1. The smallest absolute Gasteiger partial charge is 0.234 e. The minimum atomic E-state index is -0.777. The number of carbonyl (C=O) groups excluding carboxylic acids is 1. The quantitative estimate of drug-likeness (QED) is 0.302. The van der Waals surface area contributed by atoms with Crippen LogP contribution in [0.4, 0.5) is 0 Å². The summed E-state index contributed by atoms with van der Waals surface area (Å²) in [6.07, 6.45) is 3.34. The summed E-state index contributed by atoms with van der Waals surface area (Å²) in [5.74, 6) is 0.123. The van der Waals surface area contributed by atoms with Crippen LogP contribution in [0.5, 0.6) is 0 Å². The monoisotopic (exact) mass is 185 g/mol. The first kappa shape index (κ1) is 11.6. The van der Waals surface area contributed by atoms with Crippen LogP contribution < -0.4 is 11.1 Å². The molecule has 5 nitrogen and oxygen atoms in total.